The average molecular weight is 294 g/mol. The maximum atomic E-state index is 12.3. The Kier molecular flexibility index (Phi) is 8.35. The van der Waals surface area contributed by atoms with E-state index in [2.05, 4.69) is 29.1 Å². The van der Waals surface area contributed by atoms with Gasteiger partial charge in [0.05, 0.1) is 5.56 Å². The summed E-state index contributed by atoms with van der Waals surface area (Å²) in [6, 6.07) is 0. The molecule has 0 spiro atoms. The minimum atomic E-state index is 0.00429. The van der Waals surface area contributed by atoms with Crippen molar-refractivity contribution in [2.45, 2.75) is 33.1 Å². The number of nitrogens with one attached hydrogen (secondary N) is 1. The Morgan fingerprint density at radius 1 is 1.24 bits per heavy atom. The van der Waals surface area contributed by atoms with Gasteiger partial charge in [-0.25, -0.2) is 9.97 Å². The summed E-state index contributed by atoms with van der Waals surface area (Å²) in [4.78, 5) is 22.6. The summed E-state index contributed by atoms with van der Waals surface area (Å²) in [6.07, 6.45) is 5.97. The van der Waals surface area contributed by atoms with Crippen LogP contribution in [0, 0.1) is 0 Å². The van der Waals surface area contributed by atoms with Crippen LogP contribution in [-0.2, 0) is 4.74 Å². The third-order valence-corrected chi connectivity index (χ3v) is 2.98. The van der Waals surface area contributed by atoms with Gasteiger partial charge < -0.3 is 15.0 Å². The molecule has 0 radical (unpaired) electrons. The molecule has 21 heavy (non-hydrogen) atoms. The maximum absolute atomic E-state index is 12.3. The molecule has 0 saturated heterocycles. The molecule has 0 aromatic carbocycles. The van der Waals surface area contributed by atoms with Crippen molar-refractivity contribution in [1.82, 2.24) is 14.9 Å². The van der Waals surface area contributed by atoms with Crippen LogP contribution >= 0.6 is 0 Å². The smallest absolute Gasteiger partial charge is 0.256 e. The molecular formula is C15H26N4O2. The molecule has 0 atom stereocenters. The predicted octanol–water partition coefficient (Wildman–Crippen LogP) is 2.19. The van der Waals surface area contributed by atoms with Crippen LogP contribution in [0.5, 0.6) is 0 Å². The van der Waals surface area contributed by atoms with E-state index in [9.17, 15) is 4.79 Å². The number of anilines is 1. The number of hydrogen-bond donors (Lipinski definition) is 1. The lowest BCUT2D eigenvalue weighted by Crippen LogP contribution is -2.32. The number of methoxy groups -OCH3 is 1. The van der Waals surface area contributed by atoms with Gasteiger partial charge in [0.1, 0.15) is 0 Å². The molecule has 0 aliphatic rings. The van der Waals surface area contributed by atoms with Crippen LogP contribution < -0.4 is 5.32 Å². The molecule has 1 rings (SSSR count). The van der Waals surface area contributed by atoms with E-state index in [-0.39, 0.29) is 5.91 Å². The fraction of sp³-hybridized carbons (Fsp3) is 0.667. The van der Waals surface area contributed by atoms with Gasteiger partial charge in [0, 0.05) is 45.7 Å². The summed E-state index contributed by atoms with van der Waals surface area (Å²) in [5.74, 6) is 0.546. The molecule has 0 aliphatic heterocycles. The third-order valence-electron chi connectivity index (χ3n) is 2.98. The molecule has 1 aromatic heterocycles. The van der Waals surface area contributed by atoms with Crippen molar-refractivity contribution in [3.05, 3.63) is 18.0 Å². The van der Waals surface area contributed by atoms with Gasteiger partial charge in [-0.15, -0.1) is 0 Å². The number of ether oxygens (including phenoxy) is 1. The van der Waals surface area contributed by atoms with Crippen molar-refractivity contribution < 1.29 is 9.53 Å². The van der Waals surface area contributed by atoms with E-state index < -0.39 is 0 Å². The molecule has 0 saturated carbocycles. The lowest BCUT2D eigenvalue weighted by molar-refractivity contribution is 0.0754. The average Bonchev–Trinajstić information content (AvgIpc) is 2.51. The molecule has 118 valence electrons. The second-order valence-electron chi connectivity index (χ2n) is 4.86. The number of carbonyl (C=O) groups is 1. The van der Waals surface area contributed by atoms with E-state index in [0.717, 1.165) is 38.9 Å². The predicted molar refractivity (Wildman–Crippen MR) is 83.5 cm³/mol. The summed E-state index contributed by atoms with van der Waals surface area (Å²) in [5, 5.41) is 3.10. The summed E-state index contributed by atoms with van der Waals surface area (Å²) < 4.78 is 4.97. The van der Waals surface area contributed by atoms with Crippen molar-refractivity contribution >= 4 is 11.9 Å². The summed E-state index contributed by atoms with van der Waals surface area (Å²) in [6.45, 7) is 7.12. The van der Waals surface area contributed by atoms with E-state index in [1.54, 1.807) is 19.5 Å². The molecular weight excluding hydrogens is 268 g/mol. The second-order valence-corrected chi connectivity index (χ2v) is 4.86. The van der Waals surface area contributed by atoms with Gasteiger partial charge in [-0.2, -0.15) is 0 Å². The number of aromatic nitrogens is 2. The van der Waals surface area contributed by atoms with Gasteiger partial charge in [-0.05, 0) is 19.3 Å². The van der Waals surface area contributed by atoms with Gasteiger partial charge in [-0.1, -0.05) is 13.8 Å². The zero-order valence-corrected chi connectivity index (χ0v) is 13.3. The Morgan fingerprint density at radius 3 is 2.38 bits per heavy atom. The minimum Gasteiger partial charge on any atom is -0.385 e. The molecule has 0 fully saturated rings. The quantitative estimate of drug-likeness (QED) is 0.670. The van der Waals surface area contributed by atoms with Gasteiger partial charge >= 0.3 is 0 Å². The van der Waals surface area contributed by atoms with Crippen LogP contribution in [-0.4, -0.2) is 54.1 Å². The first-order valence-electron chi connectivity index (χ1n) is 7.57. The van der Waals surface area contributed by atoms with Gasteiger partial charge in [0.15, 0.2) is 0 Å². The Bertz CT molecular complexity index is 403. The second kappa shape index (κ2) is 10.1. The largest absolute Gasteiger partial charge is 0.385 e. The lowest BCUT2D eigenvalue weighted by Gasteiger charge is -2.21. The van der Waals surface area contributed by atoms with E-state index in [4.69, 9.17) is 4.74 Å². The molecule has 0 unspecified atom stereocenters. The normalized spacial score (nSPS) is 10.4. The Balaban J connectivity index is 2.57. The van der Waals surface area contributed by atoms with Crippen LogP contribution in [0.15, 0.2) is 12.4 Å². The van der Waals surface area contributed by atoms with Crippen LogP contribution in [0.2, 0.25) is 0 Å². The van der Waals surface area contributed by atoms with Crippen molar-refractivity contribution in [2.24, 2.45) is 0 Å². The first-order chi connectivity index (χ1) is 10.2. The van der Waals surface area contributed by atoms with Crippen molar-refractivity contribution in [3.8, 4) is 0 Å². The number of rotatable bonds is 10. The maximum Gasteiger partial charge on any atom is 0.256 e. The van der Waals surface area contributed by atoms with Gasteiger partial charge in [-0.3, -0.25) is 4.79 Å². The first-order valence-corrected chi connectivity index (χ1v) is 7.57. The first kappa shape index (κ1) is 17.4. The molecule has 0 bridgehead atoms. The molecule has 1 heterocycles. The molecule has 1 aromatic rings. The van der Waals surface area contributed by atoms with Gasteiger partial charge in [0.25, 0.3) is 5.91 Å². The van der Waals surface area contributed by atoms with Gasteiger partial charge in [0.2, 0.25) is 5.95 Å². The third kappa shape index (κ3) is 6.08. The van der Waals surface area contributed by atoms with Crippen molar-refractivity contribution in [3.63, 3.8) is 0 Å². The Morgan fingerprint density at radius 2 is 1.86 bits per heavy atom. The van der Waals surface area contributed by atoms with E-state index in [1.165, 1.54) is 0 Å². The van der Waals surface area contributed by atoms with Crippen LogP contribution in [0.3, 0.4) is 0 Å². The Hall–Kier alpha value is -1.69. The molecule has 6 nitrogen and oxygen atoms in total. The summed E-state index contributed by atoms with van der Waals surface area (Å²) in [5.41, 5.74) is 0.541. The highest BCUT2D eigenvalue weighted by Crippen LogP contribution is 2.06. The summed E-state index contributed by atoms with van der Waals surface area (Å²) >= 11 is 0. The topological polar surface area (TPSA) is 67.4 Å². The number of carbonyl (C=O) groups excluding carboxylic acids is 1. The lowest BCUT2D eigenvalue weighted by atomic mass is 10.2. The highest BCUT2D eigenvalue weighted by atomic mass is 16.5. The monoisotopic (exact) mass is 294 g/mol. The molecule has 1 N–H and O–H groups in total. The van der Waals surface area contributed by atoms with E-state index in [0.29, 0.717) is 18.1 Å². The van der Waals surface area contributed by atoms with Crippen molar-refractivity contribution in [1.29, 1.82) is 0 Å². The number of amides is 1. The SMILES string of the molecule is CCCN(CCC)C(=O)c1cnc(NCCCOC)nc1. The zero-order valence-electron chi connectivity index (χ0n) is 13.3. The molecule has 6 heteroatoms. The van der Waals surface area contributed by atoms with E-state index in [1.807, 2.05) is 4.90 Å². The highest BCUT2D eigenvalue weighted by molar-refractivity contribution is 5.93. The fourth-order valence-electron chi connectivity index (χ4n) is 1.98. The zero-order chi connectivity index (χ0) is 15.5. The van der Waals surface area contributed by atoms with Crippen LogP contribution in [0.25, 0.3) is 0 Å². The Labute approximate surface area is 126 Å². The minimum absolute atomic E-state index is 0.00429. The van der Waals surface area contributed by atoms with E-state index >= 15 is 0 Å². The van der Waals surface area contributed by atoms with Crippen LogP contribution in [0.4, 0.5) is 5.95 Å². The molecule has 1 amide bonds. The fourth-order valence-corrected chi connectivity index (χ4v) is 1.98. The van der Waals surface area contributed by atoms with Crippen molar-refractivity contribution in [2.75, 3.05) is 38.7 Å². The summed E-state index contributed by atoms with van der Waals surface area (Å²) in [7, 11) is 1.68. The molecule has 0 aliphatic carbocycles. The standard InChI is InChI=1S/C15H26N4O2/c1-4-8-19(9-5-2)14(20)13-11-17-15(18-12-13)16-7-6-10-21-3/h11-12H,4-10H2,1-3H3,(H,16,17,18). The van der Waals surface area contributed by atoms with Crippen LogP contribution in [0.1, 0.15) is 43.5 Å². The highest BCUT2D eigenvalue weighted by Gasteiger charge is 2.14. The number of nitrogens with zero attached hydrogens (tertiary/aromatic N) is 3. The number of hydrogen-bond acceptors (Lipinski definition) is 5.